The van der Waals surface area contributed by atoms with E-state index >= 15 is 0 Å². The van der Waals surface area contributed by atoms with Crippen LogP contribution < -0.4 is 84.7 Å². The fraction of sp³-hybridized carbons (Fsp3) is 0.193. The molecule has 32 heteroatoms. The number of benzene rings is 12. The Hall–Kier alpha value is -16.8. The maximum absolute atomic E-state index is 13.0. The number of nitrogen functional groups attached to an aromatic ring is 1. The van der Waals surface area contributed by atoms with Gasteiger partial charge in [0.15, 0.2) is 11.5 Å². The number of hydrogen-bond donors (Lipinski definition) is 7. The molecule has 6 heterocycles. The van der Waals surface area contributed by atoms with Crippen LogP contribution in [0.1, 0.15) is 105 Å². The molecule has 0 fully saturated rings. The van der Waals surface area contributed by atoms with Gasteiger partial charge < -0.3 is 78.4 Å². The number of non-ortho nitro benzene ring substituents is 1. The minimum atomic E-state index is -0.597. The summed E-state index contributed by atoms with van der Waals surface area (Å²) in [4.78, 5) is 116. The van der Waals surface area contributed by atoms with Crippen LogP contribution in [0, 0.1) is 15.9 Å². The van der Waals surface area contributed by atoms with Crippen molar-refractivity contribution in [2.75, 3.05) is 95.7 Å². The first-order valence-electron chi connectivity index (χ1n) is 45.3. The van der Waals surface area contributed by atoms with E-state index in [1.165, 1.54) is 133 Å². The van der Waals surface area contributed by atoms with Crippen molar-refractivity contribution in [3.8, 4) is 17.2 Å². The fourth-order valence-electron chi connectivity index (χ4n) is 17.2. The van der Waals surface area contributed by atoms with Crippen molar-refractivity contribution in [3.63, 3.8) is 0 Å². The molecule has 31 nitrogen and oxygen atoms in total. The Labute approximate surface area is 816 Å². The van der Waals surface area contributed by atoms with Crippen LogP contribution in [0.5, 0.6) is 17.2 Å². The lowest BCUT2D eigenvalue weighted by Gasteiger charge is -2.20. The van der Waals surface area contributed by atoms with Crippen molar-refractivity contribution in [3.05, 3.63) is 401 Å². The lowest BCUT2D eigenvalue weighted by molar-refractivity contribution is -0.384. The van der Waals surface area contributed by atoms with Gasteiger partial charge in [-0.25, -0.2) is 33.2 Å². The molecule has 12 aromatic rings. The molecule has 0 atom stereocenters. The largest absolute Gasteiger partial charge is 0.497 e. The molecule has 0 bridgehead atoms. The van der Waals surface area contributed by atoms with Crippen molar-refractivity contribution in [1.29, 1.82) is 0 Å². The summed E-state index contributed by atoms with van der Waals surface area (Å²) >= 11 is 0. The zero-order chi connectivity index (χ0) is 99.7. The number of halogens is 1. The van der Waals surface area contributed by atoms with Gasteiger partial charge in [0, 0.05) is 161 Å². The summed E-state index contributed by atoms with van der Waals surface area (Å²) in [6.45, 7) is 10.5. The first kappa shape index (κ1) is 102. The van der Waals surface area contributed by atoms with Crippen molar-refractivity contribution >= 4 is 112 Å². The van der Waals surface area contributed by atoms with Crippen molar-refractivity contribution in [2.45, 2.75) is 77.8 Å². The summed E-state index contributed by atoms with van der Waals surface area (Å²) in [7, 11) is 4.95. The van der Waals surface area contributed by atoms with Gasteiger partial charge in [-0.05, 0) is 291 Å². The lowest BCUT2D eigenvalue weighted by Crippen LogP contribution is -2.19. The van der Waals surface area contributed by atoms with E-state index in [0.29, 0.717) is 12.1 Å². The van der Waals surface area contributed by atoms with Crippen LogP contribution in [0.15, 0.2) is 285 Å². The van der Waals surface area contributed by atoms with E-state index in [4.69, 9.17) is 55.3 Å². The maximum atomic E-state index is 13.0. The SMILES string of the molecule is COc1ccc(CN2CCc3cc(/C=C/C(=O)ON)ccc32)cc1.COc1ccc(CN2CCc3cc(/C=C/C(=O)ON)ccc32)cc1OC.NOC(=O)/C=C/c1ccc2c(c1)CCN2Cc1ccc(F)cc1.NOC(=O)/C=C/c1ccc2c(c1)CCN2Cc1ccc(N)cc1.NOC(=O)/C=C/c1ccc2c(c1)CCN2Cc1ccc([N+](=O)[O-])cc1.NOC(=O)c1ccc2c(c1)CCN2Cc1ccccc1. The molecule has 141 heavy (non-hydrogen) atoms. The number of anilines is 7. The van der Waals surface area contributed by atoms with Gasteiger partial charge >= 0.3 is 35.8 Å². The van der Waals surface area contributed by atoms with Crippen molar-refractivity contribution in [2.24, 2.45) is 35.4 Å². The molecule has 6 aliphatic rings. The molecule has 0 saturated heterocycles. The lowest BCUT2D eigenvalue weighted by atomic mass is 10.1. The van der Waals surface area contributed by atoms with E-state index in [-0.39, 0.29) is 11.5 Å². The van der Waals surface area contributed by atoms with E-state index in [2.05, 4.69) is 143 Å². The number of rotatable bonds is 27. The number of fused-ring (bicyclic) bond motifs is 6. The molecule has 0 aromatic heterocycles. The summed E-state index contributed by atoms with van der Waals surface area (Å²) in [6, 6.07) is 81.8. The molecular formula is C109H111FN14O17. The van der Waals surface area contributed by atoms with E-state index in [9.17, 15) is 43.3 Å². The van der Waals surface area contributed by atoms with E-state index < -0.39 is 40.7 Å². The van der Waals surface area contributed by atoms with E-state index in [1.807, 2.05) is 127 Å². The van der Waals surface area contributed by atoms with Gasteiger partial charge in [-0.1, -0.05) is 115 Å². The van der Waals surface area contributed by atoms with Gasteiger partial charge in [0.05, 0.1) is 31.8 Å². The second-order valence-electron chi connectivity index (χ2n) is 33.4. The Kier molecular flexibility index (Phi) is 36.3. The smallest absolute Gasteiger partial charge is 0.356 e. The average molecular weight is 1910 g/mol. The molecular weight excluding hydrogens is 1800 g/mol. The highest BCUT2D eigenvalue weighted by Crippen LogP contribution is 2.39. The minimum Gasteiger partial charge on any atom is -0.497 e. The number of carbonyl (C=O) groups excluding carboxylic acids is 6. The van der Waals surface area contributed by atoms with Gasteiger partial charge in [0.1, 0.15) is 11.6 Å². The Morgan fingerprint density at radius 3 is 0.908 bits per heavy atom. The predicted molar refractivity (Wildman–Crippen MR) is 543 cm³/mol. The highest BCUT2D eigenvalue weighted by molar-refractivity contribution is 5.92. The highest BCUT2D eigenvalue weighted by Gasteiger charge is 2.27. The quantitative estimate of drug-likeness (QED) is 0.0109. The average Bonchev–Trinajstić information content (AvgIpc) is 1.72. The second kappa shape index (κ2) is 50.4. The summed E-state index contributed by atoms with van der Waals surface area (Å²) < 4.78 is 28.9. The maximum Gasteiger partial charge on any atom is 0.356 e. The zero-order valence-electron chi connectivity index (χ0n) is 78.2. The summed E-state index contributed by atoms with van der Waals surface area (Å²) in [6.07, 6.45) is 20.7. The van der Waals surface area contributed by atoms with Crippen molar-refractivity contribution in [1.82, 2.24) is 0 Å². The Morgan fingerprint density at radius 2 is 0.603 bits per heavy atom. The summed E-state index contributed by atoms with van der Waals surface area (Å²) in [5.41, 5.74) is 33.4. The monoisotopic (exact) mass is 1910 g/mol. The molecule has 0 saturated carbocycles. The van der Waals surface area contributed by atoms with Crippen LogP contribution in [0.3, 0.4) is 0 Å². The van der Waals surface area contributed by atoms with Gasteiger partial charge in [-0.2, -0.15) is 35.4 Å². The molecule has 0 radical (unpaired) electrons. The fourth-order valence-corrected chi connectivity index (χ4v) is 17.2. The third-order valence-corrected chi connectivity index (χ3v) is 24.3. The predicted octanol–water partition coefficient (Wildman–Crippen LogP) is 15.3. The van der Waals surface area contributed by atoms with Crippen LogP contribution in [0.25, 0.3) is 30.4 Å². The number of hydrogen-bond acceptors (Lipinski definition) is 30. The Morgan fingerprint density at radius 1 is 0.319 bits per heavy atom. The number of nitrogens with two attached hydrogens (primary N) is 7. The van der Waals surface area contributed by atoms with Crippen LogP contribution in [0.2, 0.25) is 0 Å². The number of methoxy groups -OCH3 is 3. The molecule has 18 rings (SSSR count). The minimum absolute atomic E-state index is 0.0954. The van der Waals surface area contributed by atoms with Gasteiger partial charge in [0.2, 0.25) is 0 Å². The first-order valence-corrected chi connectivity index (χ1v) is 45.3. The van der Waals surface area contributed by atoms with Crippen LogP contribution in [0.4, 0.5) is 49.9 Å². The molecule has 0 spiro atoms. The van der Waals surface area contributed by atoms with E-state index in [1.54, 1.807) is 69.9 Å². The summed E-state index contributed by atoms with van der Waals surface area (Å²) in [5.74, 6) is 27.7. The molecule has 726 valence electrons. The van der Waals surface area contributed by atoms with Crippen LogP contribution >= 0.6 is 0 Å². The number of ether oxygens (including phenoxy) is 3. The summed E-state index contributed by atoms with van der Waals surface area (Å²) in [5, 5.41) is 10.7. The van der Waals surface area contributed by atoms with Crippen LogP contribution in [-0.2, 0) is 131 Å². The molecule has 12 aromatic carbocycles. The van der Waals surface area contributed by atoms with Gasteiger partial charge in [-0.15, -0.1) is 0 Å². The topological polar surface area (TPSA) is 430 Å². The Balaban J connectivity index is 0.000000143. The van der Waals surface area contributed by atoms with Crippen LogP contribution in [-0.4, -0.2) is 101 Å². The Bertz CT molecular complexity index is 6420. The second-order valence-corrected chi connectivity index (χ2v) is 33.4. The molecule has 0 unspecified atom stereocenters. The molecule has 6 aliphatic heterocycles. The molecule has 0 amide bonds. The number of carbonyl (C=O) groups is 6. The third kappa shape index (κ3) is 28.7. The molecule has 14 N–H and O–H groups in total. The highest BCUT2D eigenvalue weighted by atomic mass is 19.1. The van der Waals surface area contributed by atoms with E-state index in [0.717, 1.165) is 184 Å². The number of nitro groups is 1. The normalized spacial score (nSPS) is 13.2. The third-order valence-electron chi connectivity index (χ3n) is 24.3. The zero-order valence-corrected chi connectivity index (χ0v) is 78.2. The first-order chi connectivity index (χ1) is 68.5. The molecule has 0 aliphatic carbocycles. The standard InChI is InChI=1S/C20H22N2O4.C19H20N2O3.C18H17FN2O2.C18H17N3O4.C18H19N3O2.C16H16N2O2/c1-24-18-7-4-15(12-19(18)25-2)13-22-10-9-16-11-14(3-6-17(16)22)5-8-20(23)26-21;1-23-17-6-2-15(3-7-17)13-21-11-10-16-12-14(4-8-18(16)21)5-9-19(22)24-20;19-16-5-1-14(2-6-16)12-21-10-9-15-11-13(3-7-17(15)21)4-8-18(22)23-20;19-25-18(22)8-4-13-3-7-17-15(11-13)9-10-20(17)12-14-1-5-16(6-2-14)21(23)24;19-16-5-1-14(2-6-16)12-21-10-9-15-11-13(3-7-17(15)21)4-8-18(22)23-20;17-20-16(19)14-6-7-15-13(10-14)8-9-18(15)11-12-4-2-1-3-5-12/h3-8,11-12H,9-10,13,21H2,1-2H3;2-9,12H,10-11,13,20H2,1H3;1-8,11H,9-10,12,20H2;1-8,11H,9-10,12,19H2;1-8,11H,9-10,12,19-20H2;1-7,10H,8-9,11,17H2/b8-5+;9-5+;3*8-4+;. The van der Waals surface area contributed by atoms with Gasteiger partial charge in [-0.3, -0.25) is 10.1 Å². The number of nitrogens with zero attached hydrogens (tertiary/aromatic N) is 7. The van der Waals surface area contributed by atoms with Crippen molar-refractivity contribution < 1.29 is 81.3 Å². The van der Waals surface area contributed by atoms with Gasteiger partial charge in [0.25, 0.3) is 5.69 Å². The number of nitro benzene ring substituents is 1.